The zero-order valence-electron chi connectivity index (χ0n) is 18.1. The molecule has 0 spiro atoms. The van der Waals surface area contributed by atoms with Crippen molar-refractivity contribution in [2.75, 3.05) is 26.4 Å². The zero-order valence-corrected chi connectivity index (χ0v) is 21.1. The maximum Gasteiger partial charge on any atom is 0.156 e. The smallest absolute Gasteiger partial charge is 0.156 e. The standard InChI is InChI=1S/C24H25Cl4NO4/c1-3-33-29-17(2)5-6-18-7-9-19(10-8-18)30-12-4-13-32-24-21(25)15-20(16-22(24)26)31-14-11-23(27)28/h5-11,15-16,29H,2-4,12-14H2,1H3. The minimum atomic E-state index is 0.124. The van der Waals surface area contributed by atoms with Crippen LogP contribution in [0.3, 0.4) is 0 Å². The van der Waals surface area contributed by atoms with Gasteiger partial charge in [-0.1, -0.05) is 71.2 Å². The van der Waals surface area contributed by atoms with Crippen molar-refractivity contribution in [3.05, 3.63) is 80.9 Å². The Bertz CT molecular complexity index is 934. The summed E-state index contributed by atoms with van der Waals surface area (Å²) in [6.07, 6.45) is 5.93. The molecule has 2 aromatic rings. The van der Waals surface area contributed by atoms with E-state index in [9.17, 15) is 0 Å². The Morgan fingerprint density at radius 2 is 1.64 bits per heavy atom. The van der Waals surface area contributed by atoms with Crippen LogP contribution in [0.5, 0.6) is 17.2 Å². The minimum Gasteiger partial charge on any atom is -0.493 e. The fraction of sp³-hybridized carbons (Fsp3) is 0.250. The lowest BCUT2D eigenvalue weighted by atomic mass is 10.2. The van der Waals surface area contributed by atoms with Crippen LogP contribution in [0.2, 0.25) is 10.0 Å². The number of hydrogen-bond acceptors (Lipinski definition) is 5. The van der Waals surface area contributed by atoms with Crippen LogP contribution in [0, 0.1) is 0 Å². The van der Waals surface area contributed by atoms with E-state index in [0.717, 1.165) is 11.3 Å². The molecule has 2 aromatic carbocycles. The average molecular weight is 533 g/mol. The molecule has 33 heavy (non-hydrogen) atoms. The van der Waals surface area contributed by atoms with Crippen molar-refractivity contribution in [1.82, 2.24) is 5.48 Å². The van der Waals surface area contributed by atoms with Crippen LogP contribution in [-0.2, 0) is 4.84 Å². The summed E-state index contributed by atoms with van der Waals surface area (Å²) in [6.45, 7) is 7.37. The first kappa shape index (κ1) is 27.2. The number of hydrogen-bond donors (Lipinski definition) is 1. The first-order valence-corrected chi connectivity index (χ1v) is 11.6. The van der Waals surface area contributed by atoms with Crippen molar-refractivity contribution < 1.29 is 19.0 Å². The van der Waals surface area contributed by atoms with Crippen molar-refractivity contribution in [2.24, 2.45) is 0 Å². The molecule has 0 heterocycles. The third-order valence-electron chi connectivity index (χ3n) is 3.97. The van der Waals surface area contributed by atoms with Gasteiger partial charge in [0.25, 0.3) is 0 Å². The van der Waals surface area contributed by atoms with Gasteiger partial charge in [-0.2, -0.15) is 0 Å². The molecule has 0 aliphatic rings. The Morgan fingerprint density at radius 1 is 0.970 bits per heavy atom. The second kappa shape index (κ2) is 15.0. The molecule has 0 aliphatic heterocycles. The van der Waals surface area contributed by atoms with Gasteiger partial charge >= 0.3 is 0 Å². The predicted octanol–water partition coefficient (Wildman–Crippen LogP) is 7.61. The van der Waals surface area contributed by atoms with Gasteiger partial charge in [0.15, 0.2) is 5.75 Å². The molecule has 0 amide bonds. The third-order valence-corrected chi connectivity index (χ3v) is 4.84. The number of benzene rings is 2. The molecule has 0 radical (unpaired) electrons. The Labute approximate surface area is 214 Å². The van der Waals surface area contributed by atoms with E-state index in [2.05, 4.69) is 12.1 Å². The van der Waals surface area contributed by atoms with E-state index in [1.807, 2.05) is 43.3 Å². The van der Waals surface area contributed by atoms with Gasteiger partial charge in [-0.05, 0) is 36.8 Å². The van der Waals surface area contributed by atoms with Crippen LogP contribution in [0.4, 0.5) is 0 Å². The molecule has 1 N–H and O–H groups in total. The molecule has 0 atom stereocenters. The SMILES string of the molecule is C=C(C=Cc1ccc(OCCCOc2c(Cl)cc(OCC=C(Cl)Cl)cc2Cl)cc1)NOCC. The lowest BCUT2D eigenvalue weighted by Gasteiger charge is -2.12. The van der Waals surface area contributed by atoms with Crippen LogP contribution in [-0.4, -0.2) is 26.4 Å². The maximum atomic E-state index is 6.26. The van der Waals surface area contributed by atoms with Gasteiger partial charge in [0.2, 0.25) is 0 Å². The topological polar surface area (TPSA) is 49.0 Å². The number of rotatable bonds is 14. The number of halogens is 4. The molecule has 0 fully saturated rings. The predicted molar refractivity (Wildman–Crippen MR) is 137 cm³/mol. The number of nitrogens with one attached hydrogen (secondary N) is 1. The Kier molecular flexibility index (Phi) is 12.4. The van der Waals surface area contributed by atoms with Gasteiger partial charge in [0.1, 0.15) is 22.6 Å². The first-order valence-electron chi connectivity index (χ1n) is 10.1. The van der Waals surface area contributed by atoms with Gasteiger partial charge in [-0.25, -0.2) is 0 Å². The number of allylic oxidation sites excluding steroid dienone is 1. The summed E-state index contributed by atoms with van der Waals surface area (Å²) in [5, 5.41) is 0.698. The van der Waals surface area contributed by atoms with Crippen LogP contribution in [0.15, 0.2) is 65.3 Å². The van der Waals surface area contributed by atoms with Gasteiger partial charge < -0.3 is 14.2 Å². The maximum absolute atomic E-state index is 6.26. The molecule has 9 heteroatoms. The highest BCUT2D eigenvalue weighted by molar-refractivity contribution is 6.55. The van der Waals surface area contributed by atoms with Crippen molar-refractivity contribution >= 4 is 52.5 Å². The Hall–Kier alpha value is -2.02. The Balaban J connectivity index is 1.74. The van der Waals surface area contributed by atoms with Crippen molar-refractivity contribution in [3.63, 3.8) is 0 Å². The molecule has 0 aromatic heterocycles. The van der Waals surface area contributed by atoms with E-state index in [0.29, 0.717) is 53.5 Å². The van der Waals surface area contributed by atoms with Gasteiger partial charge in [0.05, 0.1) is 35.6 Å². The molecule has 0 saturated heterocycles. The summed E-state index contributed by atoms with van der Waals surface area (Å²) in [5.41, 5.74) is 4.43. The van der Waals surface area contributed by atoms with Crippen LogP contribution in [0.25, 0.3) is 6.08 Å². The van der Waals surface area contributed by atoms with Crippen molar-refractivity contribution in [2.45, 2.75) is 13.3 Å². The molecule has 0 bridgehead atoms. The molecular formula is C24H25Cl4NO4. The summed E-state index contributed by atoms with van der Waals surface area (Å²) >= 11 is 23.6. The second-order valence-corrected chi connectivity index (χ2v) is 8.36. The molecule has 2 rings (SSSR count). The number of ether oxygens (including phenoxy) is 3. The lowest BCUT2D eigenvalue weighted by Crippen LogP contribution is -2.10. The van der Waals surface area contributed by atoms with Crippen LogP contribution >= 0.6 is 46.4 Å². The minimum absolute atomic E-state index is 0.124. The molecule has 0 unspecified atom stereocenters. The van der Waals surface area contributed by atoms with E-state index in [1.54, 1.807) is 12.1 Å². The highest BCUT2D eigenvalue weighted by Crippen LogP contribution is 2.37. The van der Waals surface area contributed by atoms with Gasteiger partial charge in [-0.15, -0.1) is 0 Å². The van der Waals surface area contributed by atoms with E-state index < -0.39 is 0 Å². The number of hydroxylamine groups is 1. The highest BCUT2D eigenvalue weighted by atomic mass is 35.5. The van der Waals surface area contributed by atoms with Crippen molar-refractivity contribution in [1.29, 1.82) is 0 Å². The quantitative estimate of drug-likeness (QED) is 0.154. The monoisotopic (exact) mass is 531 g/mol. The molecular weight excluding hydrogens is 508 g/mol. The molecule has 0 aliphatic carbocycles. The molecule has 0 saturated carbocycles. The summed E-state index contributed by atoms with van der Waals surface area (Å²) in [5.74, 6) is 1.65. The summed E-state index contributed by atoms with van der Waals surface area (Å²) in [6, 6.07) is 10.9. The van der Waals surface area contributed by atoms with E-state index >= 15 is 0 Å². The summed E-state index contributed by atoms with van der Waals surface area (Å²) in [4.78, 5) is 5.07. The fourth-order valence-corrected chi connectivity index (χ4v) is 3.15. The third kappa shape index (κ3) is 10.6. The average Bonchev–Trinajstić information content (AvgIpc) is 2.78. The summed E-state index contributed by atoms with van der Waals surface area (Å²) < 4.78 is 17.1. The van der Waals surface area contributed by atoms with E-state index in [-0.39, 0.29) is 11.1 Å². The first-order chi connectivity index (χ1) is 15.9. The fourth-order valence-electron chi connectivity index (χ4n) is 2.45. The summed E-state index contributed by atoms with van der Waals surface area (Å²) in [7, 11) is 0. The zero-order chi connectivity index (χ0) is 24.1. The van der Waals surface area contributed by atoms with Gasteiger partial charge in [-0.3, -0.25) is 10.3 Å². The van der Waals surface area contributed by atoms with Crippen molar-refractivity contribution in [3.8, 4) is 17.2 Å². The highest BCUT2D eigenvalue weighted by Gasteiger charge is 2.10. The van der Waals surface area contributed by atoms with Crippen LogP contribution in [0.1, 0.15) is 18.9 Å². The molecule has 5 nitrogen and oxygen atoms in total. The largest absolute Gasteiger partial charge is 0.493 e. The lowest BCUT2D eigenvalue weighted by molar-refractivity contribution is 0.0766. The van der Waals surface area contributed by atoms with Crippen LogP contribution < -0.4 is 19.7 Å². The second-order valence-electron chi connectivity index (χ2n) is 6.53. The van der Waals surface area contributed by atoms with Gasteiger partial charge in [0, 0.05) is 18.6 Å². The van der Waals surface area contributed by atoms with E-state index in [1.165, 1.54) is 6.08 Å². The normalized spacial score (nSPS) is 10.7. The Morgan fingerprint density at radius 3 is 2.27 bits per heavy atom. The molecule has 178 valence electrons. The van der Waals surface area contributed by atoms with E-state index in [4.69, 9.17) is 65.5 Å².